The molecule has 0 saturated carbocycles. The first-order valence-electron chi connectivity index (χ1n) is 18.1. The standard InChI is InChI=1S/C30H2.C16H20O2Si.C4H14O3Si2.C2H8O2Si.CH4.H2/c1-3-5-7-9-11-13-15-17-19-21-23-25-27-29-30-28-26-24-22-20-18-16-14-12-10-8-6-4-2;1-19(2,17-13-15-9-5-3-6-10-15)18-14-16-11-7-4-8-12-16;1-8(2,5)7-9(3,4)6;1-5(2,3)4;;/h1-2H;3-12H,13-14H2,1-2H3;5-6H,1-4H3;3-4H,1-2H3;1H4;1H. The van der Waals surface area contributed by atoms with Gasteiger partial charge in [-0.3, -0.25) is 0 Å². The van der Waals surface area contributed by atoms with Gasteiger partial charge in [-0.1, -0.05) is 68.1 Å². The van der Waals surface area contributed by atoms with Crippen molar-refractivity contribution < 1.29 is 33.6 Å². The Balaban J connectivity index is -0.000000449. The third kappa shape index (κ3) is 54.4. The van der Waals surface area contributed by atoms with Crippen molar-refractivity contribution in [3.8, 4) is 179 Å². The van der Waals surface area contributed by atoms with Crippen molar-refractivity contribution in [2.24, 2.45) is 0 Å². The Morgan fingerprint density at radius 2 is 0.578 bits per heavy atom. The van der Waals surface area contributed by atoms with Crippen LogP contribution in [0.2, 0.25) is 52.4 Å². The molecule has 2 aromatic rings. The molecule has 0 atom stereocenters. The van der Waals surface area contributed by atoms with Crippen molar-refractivity contribution in [3.63, 3.8) is 0 Å². The average molecular weight is 911 g/mol. The topological polar surface area (TPSA) is 109 Å². The second-order valence-electron chi connectivity index (χ2n) is 13.0. The molecular formula is C53H50O7Si4. The molecule has 0 heterocycles. The summed E-state index contributed by atoms with van der Waals surface area (Å²) >= 11 is 0. The molecule has 4 N–H and O–H groups in total. The van der Waals surface area contributed by atoms with Gasteiger partial charge in [0.25, 0.3) is 0 Å². The highest BCUT2D eigenvalue weighted by molar-refractivity contribution is 6.77. The van der Waals surface area contributed by atoms with Crippen molar-refractivity contribution in [1.29, 1.82) is 0 Å². The molecule has 0 aromatic heterocycles. The van der Waals surface area contributed by atoms with Crippen LogP contribution in [0.1, 0.15) is 20.0 Å². The average Bonchev–Trinajstić information content (AvgIpc) is 3.20. The van der Waals surface area contributed by atoms with E-state index in [4.69, 9.17) is 45.0 Å². The van der Waals surface area contributed by atoms with Gasteiger partial charge >= 0.3 is 34.2 Å². The number of hydrogen-bond donors (Lipinski definition) is 4. The SMILES string of the molecule is C.C#CC#CC#CC#CC#CC#CC#CC#CC#CC#CC#CC#CC#CC#CC#C.C[Si](C)(O)O.C[Si](C)(O)O[Si](C)(C)O.C[Si](C)(OCc1ccccc1)OCc1ccccc1.[HH]. The van der Waals surface area contributed by atoms with Crippen LogP contribution in [0.25, 0.3) is 0 Å². The minimum Gasteiger partial charge on any atom is -0.415 e. The maximum absolute atomic E-state index is 9.14. The van der Waals surface area contributed by atoms with E-state index in [9.17, 15) is 0 Å². The van der Waals surface area contributed by atoms with Gasteiger partial charge in [0, 0.05) is 72.5 Å². The predicted molar refractivity (Wildman–Crippen MR) is 270 cm³/mol. The third-order valence-corrected chi connectivity index (χ3v) is 10.7. The summed E-state index contributed by atoms with van der Waals surface area (Å²) in [5.41, 5.74) is 2.37. The Hall–Kier alpha value is -7.57. The van der Waals surface area contributed by atoms with Crippen molar-refractivity contribution >= 4 is 34.2 Å². The van der Waals surface area contributed by atoms with Gasteiger partial charge in [0.15, 0.2) is 0 Å². The Morgan fingerprint density at radius 3 is 0.734 bits per heavy atom. The zero-order valence-electron chi connectivity index (χ0n) is 36.4. The Labute approximate surface area is 389 Å². The minimum absolute atomic E-state index is 0. The van der Waals surface area contributed by atoms with Crippen molar-refractivity contribution in [2.45, 2.75) is 73.0 Å². The van der Waals surface area contributed by atoms with E-state index in [2.05, 4.69) is 203 Å². The Bertz CT molecular complexity index is 2550. The van der Waals surface area contributed by atoms with Crippen LogP contribution in [0.5, 0.6) is 0 Å². The summed E-state index contributed by atoms with van der Waals surface area (Å²) in [5.74, 6) is 68.2. The van der Waals surface area contributed by atoms with Gasteiger partial charge in [0.05, 0.1) is 13.2 Å². The van der Waals surface area contributed by atoms with E-state index in [1.165, 1.54) is 24.2 Å². The molecular weight excluding hydrogens is 861 g/mol. The summed E-state index contributed by atoms with van der Waals surface area (Å²) in [4.78, 5) is 34.7. The van der Waals surface area contributed by atoms with Crippen molar-refractivity contribution in [2.75, 3.05) is 0 Å². The summed E-state index contributed by atoms with van der Waals surface area (Å²) in [6.45, 7) is 14.8. The van der Waals surface area contributed by atoms with E-state index in [-0.39, 0.29) is 8.85 Å². The van der Waals surface area contributed by atoms with E-state index >= 15 is 0 Å². The lowest BCUT2D eigenvalue weighted by molar-refractivity contribution is 0.164. The molecule has 2 aromatic carbocycles. The van der Waals surface area contributed by atoms with Crippen molar-refractivity contribution in [3.05, 3.63) is 71.8 Å². The van der Waals surface area contributed by atoms with Crippen LogP contribution in [0.4, 0.5) is 0 Å². The highest BCUT2D eigenvalue weighted by Crippen LogP contribution is 2.14. The highest BCUT2D eigenvalue weighted by atomic mass is 28.5. The van der Waals surface area contributed by atoms with Gasteiger partial charge in [-0.25, -0.2) is 0 Å². The molecule has 0 bridgehead atoms. The van der Waals surface area contributed by atoms with Crippen molar-refractivity contribution in [1.82, 2.24) is 0 Å². The Morgan fingerprint density at radius 1 is 0.391 bits per heavy atom. The molecule has 0 fully saturated rings. The van der Waals surface area contributed by atoms with Crippen LogP contribution in [0.3, 0.4) is 0 Å². The second kappa shape index (κ2) is 38.4. The normalized spacial score (nSPS) is 8.09. The van der Waals surface area contributed by atoms with Crippen LogP contribution in [0.15, 0.2) is 60.7 Å². The smallest absolute Gasteiger partial charge is 0.332 e. The lowest BCUT2D eigenvalue weighted by atomic mass is 10.2. The lowest BCUT2D eigenvalue weighted by Crippen LogP contribution is -2.44. The van der Waals surface area contributed by atoms with E-state index in [1.54, 1.807) is 26.2 Å². The molecule has 0 spiro atoms. The fourth-order valence-corrected chi connectivity index (χ4v) is 9.14. The molecule has 11 heteroatoms. The van der Waals surface area contributed by atoms with Gasteiger partial charge in [-0.15, -0.1) is 12.8 Å². The maximum Gasteiger partial charge on any atom is 0.332 e. The molecule has 0 aliphatic carbocycles. The first-order chi connectivity index (χ1) is 29.8. The minimum atomic E-state index is -2.61. The number of terminal acetylenes is 2. The summed E-state index contributed by atoms with van der Waals surface area (Å²) in [6.07, 6.45) is 9.83. The summed E-state index contributed by atoms with van der Waals surface area (Å²) in [5, 5.41) is 0. The first kappa shape index (κ1) is 60.7. The van der Waals surface area contributed by atoms with E-state index in [0.717, 1.165) is 0 Å². The molecule has 7 nitrogen and oxygen atoms in total. The van der Waals surface area contributed by atoms with Crippen LogP contribution in [0, 0.1) is 179 Å². The molecule has 0 unspecified atom stereocenters. The third-order valence-electron chi connectivity index (χ3n) is 5.06. The summed E-state index contributed by atoms with van der Waals surface area (Å²) in [7, 11) is -9.64. The largest absolute Gasteiger partial charge is 0.415 e. The van der Waals surface area contributed by atoms with Gasteiger partial charge in [-0.2, -0.15) is 0 Å². The van der Waals surface area contributed by atoms with E-state index < -0.39 is 34.2 Å². The van der Waals surface area contributed by atoms with Gasteiger partial charge in [0.1, 0.15) is 0 Å². The molecule has 0 amide bonds. The maximum atomic E-state index is 9.14. The van der Waals surface area contributed by atoms with Gasteiger partial charge in [0.2, 0.25) is 0 Å². The van der Waals surface area contributed by atoms with E-state index in [0.29, 0.717) is 13.2 Å². The van der Waals surface area contributed by atoms with E-state index in [1.807, 2.05) is 36.4 Å². The first-order valence-corrected chi connectivity index (χ1v) is 29.6. The Kier molecular flexibility index (Phi) is 36.4. The lowest BCUT2D eigenvalue weighted by Gasteiger charge is -2.23. The number of hydrogen-bond acceptors (Lipinski definition) is 7. The monoisotopic (exact) mass is 910 g/mol. The van der Waals surface area contributed by atoms with Gasteiger partial charge < -0.3 is 32.1 Å². The summed E-state index contributed by atoms with van der Waals surface area (Å²) in [6, 6.07) is 20.4. The van der Waals surface area contributed by atoms with Crippen LogP contribution in [-0.2, 0) is 26.2 Å². The molecule has 64 heavy (non-hydrogen) atoms. The molecule has 0 radical (unpaired) electrons. The molecule has 320 valence electrons. The quantitative estimate of drug-likeness (QED) is 0.209. The zero-order valence-corrected chi connectivity index (χ0v) is 40.4. The number of rotatable bonds is 8. The van der Waals surface area contributed by atoms with Crippen LogP contribution >= 0.6 is 0 Å². The fraction of sp³-hybridized carbons (Fsp3) is 0.208. The molecule has 0 saturated heterocycles. The molecule has 0 aliphatic heterocycles. The van der Waals surface area contributed by atoms with Gasteiger partial charge in [-0.05, 0) is 158 Å². The summed E-state index contributed by atoms with van der Waals surface area (Å²) < 4.78 is 16.9. The predicted octanol–water partition coefficient (Wildman–Crippen LogP) is 5.36. The van der Waals surface area contributed by atoms with Crippen LogP contribution < -0.4 is 0 Å². The second-order valence-corrected chi connectivity index (χ2v) is 25.9. The zero-order chi connectivity index (χ0) is 47.6. The fourth-order valence-electron chi connectivity index (χ4n) is 3.14. The molecule has 0 aliphatic rings. The number of benzene rings is 2. The van der Waals surface area contributed by atoms with Crippen LogP contribution in [-0.4, -0.2) is 53.4 Å². The highest BCUT2D eigenvalue weighted by Gasteiger charge is 2.30. The molecule has 2 rings (SSSR count).